The van der Waals surface area contributed by atoms with Gasteiger partial charge < -0.3 is 20.1 Å². The average molecular weight is 416 g/mol. The van der Waals surface area contributed by atoms with Crippen molar-refractivity contribution in [2.75, 3.05) is 17.7 Å². The summed E-state index contributed by atoms with van der Waals surface area (Å²) in [7, 11) is 1.51. The van der Waals surface area contributed by atoms with Crippen LogP contribution in [0.1, 0.15) is 47.5 Å². The van der Waals surface area contributed by atoms with Gasteiger partial charge in [0.1, 0.15) is 10.8 Å². The second-order valence-electron chi connectivity index (χ2n) is 6.83. The zero-order valence-electron chi connectivity index (χ0n) is 16.7. The average Bonchev–Trinajstić information content (AvgIpc) is 3.05. The normalized spacial score (nSPS) is 13.8. The smallest absolute Gasteiger partial charge is 0.342 e. The molecule has 2 amide bonds. The SMILES string of the molecule is COc1ccccc1NC(=O)[C@@H](C)OC(=O)c1c(NC(C)=O)sc2c1CCCC2. The molecule has 0 fully saturated rings. The van der Waals surface area contributed by atoms with Crippen molar-refractivity contribution in [2.24, 2.45) is 0 Å². The maximum Gasteiger partial charge on any atom is 0.342 e. The summed E-state index contributed by atoms with van der Waals surface area (Å²) >= 11 is 1.41. The van der Waals surface area contributed by atoms with Crippen LogP contribution in [0.2, 0.25) is 0 Å². The van der Waals surface area contributed by atoms with E-state index in [1.807, 2.05) is 0 Å². The number of thiophene rings is 1. The highest BCUT2D eigenvalue weighted by Gasteiger charge is 2.29. The highest BCUT2D eigenvalue weighted by molar-refractivity contribution is 7.17. The lowest BCUT2D eigenvalue weighted by atomic mass is 9.95. The predicted octanol–water partition coefficient (Wildman–Crippen LogP) is 3.78. The summed E-state index contributed by atoms with van der Waals surface area (Å²) in [6.07, 6.45) is 2.66. The number of rotatable bonds is 6. The second-order valence-corrected chi connectivity index (χ2v) is 7.94. The number of amides is 2. The topological polar surface area (TPSA) is 93.7 Å². The number of benzene rings is 1. The van der Waals surface area contributed by atoms with Crippen LogP contribution in [0.5, 0.6) is 5.75 Å². The molecule has 2 aromatic rings. The Bertz CT molecular complexity index is 937. The minimum absolute atomic E-state index is 0.250. The largest absolute Gasteiger partial charge is 0.495 e. The summed E-state index contributed by atoms with van der Waals surface area (Å²) < 4.78 is 10.7. The number of anilines is 2. The van der Waals surface area contributed by atoms with E-state index in [1.165, 1.54) is 32.3 Å². The number of aryl methyl sites for hydroxylation is 1. The number of hydrogen-bond acceptors (Lipinski definition) is 6. The molecule has 1 atom stereocenters. The molecule has 1 heterocycles. The number of methoxy groups -OCH3 is 1. The van der Waals surface area contributed by atoms with E-state index in [1.54, 1.807) is 24.3 Å². The molecule has 3 rings (SSSR count). The molecule has 1 aliphatic rings. The predicted molar refractivity (Wildman–Crippen MR) is 112 cm³/mol. The van der Waals surface area contributed by atoms with Crippen LogP contribution in [0.25, 0.3) is 0 Å². The Morgan fingerprint density at radius 2 is 1.83 bits per heavy atom. The molecular formula is C21H24N2O5S. The Balaban J connectivity index is 1.76. The van der Waals surface area contributed by atoms with Gasteiger partial charge in [0.2, 0.25) is 5.91 Å². The van der Waals surface area contributed by atoms with E-state index in [9.17, 15) is 14.4 Å². The van der Waals surface area contributed by atoms with Gasteiger partial charge in [-0.25, -0.2) is 4.79 Å². The summed E-state index contributed by atoms with van der Waals surface area (Å²) in [6.45, 7) is 2.91. The van der Waals surface area contributed by atoms with Gasteiger partial charge in [0.25, 0.3) is 5.91 Å². The molecule has 2 N–H and O–H groups in total. The first-order valence-electron chi connectivity index (χ1n) is 9.47. The Kier molecular flexibility index (Phi) is 6.53. The lowest BCUT2D eigenvalue weighted by molar-refractivity contribution is -0.123. The zero-order valence-corrected chi connectivity index (χ0v) is 17.5. The highest BCUT2D eigenvalue weighted by atomic mass is 32.1. The number of esters is 1. The molecule has 1 aromatic carbocycles. The standard InChI is InChI=1S/C21H24N2O5S/c1-12(19(25)23-15-9-5-6-10-16(15)27-3)28-21(26)18-14-8-4-7-11-17(14)29-20(18)22-13(2)24/h5-6,9-10,12H,4,7-8,11H2,1-3H3,(H,22,24)(H,23,25)/t12-/m1/s1. The van der Waals surface area contributed by atoms with Crippen molar-refractivity contribution < 1.29 is 23.9 Å². The molecule has 1 aromatic heterocycles. The molecule has 0 unspecified atom stereocenters. The molecule has 0 saturated heterocycles. The van der Waals surface area contributed by atoms with Gasteiger partial charge in [-0.15, -0.1) is 11.3 Å². The molecule has 8 heteroatoms. The van der Waals surface area contributed by atoms with Gasteiger partial charge in [-0.2, -0.15) is 0 Å². The van der Waals surface area contributed by atoms with E-state index >= 15 is 0 Å². The van der Waals surface area contributed by atoms with Gasteiger partial charge in [-0.3, -0.25) is 9.59 Å². The van der Waals surface area contributed by atoms with Crippen LogP contribution < -0.4 is 15.4 Å². The molecule has 0 bridgehead atoms. The third kappa shape index (κ3) is 4.76. The monoisotopic (exact) mass is 416 g/mol. The van der Waals surface area contributed by atoms with E-state index in [4.69, 9.17) is 9.47 Å². The molecule has 0 saturated carbocycles. The Labute approximate surface area is 173 Å². The van der Waals surface area contributed by atoms with Crippen molar-refractivity contribution in [3.05, 3.63) is 40.3 Å². The van der Waals surface area contributed by atoms with Gasteiger partial charge in [-0.1, -0.05) is 12.1 Å². The second kappa shape index (κ2) is 9.09. The molecule has 0 spiro atoms. The molecule has 0 radical (unpaired) electrons. The molecule has 7 nitrogen and oxygen atoms in total. The van der Waals surface area contributed by atoms with Crippen LogP contribution in [0.3, 0.4) is 0 Å². The molecule has 29 heavy (non-hydrogen) atoms. The molecule has 1 aliphatic carbocycles. The van der Waals surface area contributed by atoms with Crippen molar-refractivity contribution in [2.45, 2.75) is 45.6 Å². The van der Waals surface area contributed by atoms with E-state index < -0.39 is 18.0 Å². The van der Waals surface area contributed by atoms with Crippen LogP contribution in [0.4, 0.5) is 10.7 Å². The highest BCUT2D eigenvalue weighted by Crippen LogP contribution is 2.38. The number of carbonyl (C=O) groups excluding carboxylic acids is 3. The Hall–Kier alpha value is -2.87. The zero-order chi connectivity index (χ0) is 21.0. The molecule has 0 aliphatic heterocycles. The minimum atomic E-state index is -1.02. The number of ether oxygens (including phenoxy) is 2. The lowest BCUT2D eigenvalue weighted by Gasteiger charge is -2.17. The summed E-state index contributed by atoms with van der Waals surface area (Å²) in [6, 6.07) is 6.99. The number of fused-ring (bicyclic) bond motifs is 1. The van der Waals surface area contributed by atoms with Crippen LogP contribution in [0, 0.1) is 0 Å². The Morgan fingerprint density at radius 1 is 1.10 bits per heavy atom. The van der Waals surface area contributed by atoms with Crippen LogP contribution >= 0.6 is 11.3 Å². The fourth-order valence-corrected chi connectivity index (χ4v) is 4.61. The fourth-order valence-electron chi connectivity index (χ4n) is 3.29. The van der Waals surface area contributed by atoms with Crippen LogP contribution in [-0.2, 0) is 27.2 Å². The quantitative estimate of drug-likeness (QED) is 0.699. The van der Waals surface area contributed by atoms with Gasteiger partial charge in [0.05, 0.1) is 18.4 Å². The first kappa shape index (κ1) is 20.9. The lowest BCUT2D eigenvalue weighted by Crippen LogP contribution is -2.30. The van der Waals surface area contributed by atoms with Crippen molar-refractivity contribution in [1.29, 1.82) is 0 Å². The van der Waals surface area contributed by atoms with Crippen LogP contribution in [-0.4, -0.2) is 31.0 Å². The summed E-state index contributed by atoms with van der Waals surface area (Å²) in [5, 5.41) is 5.94. The number of nitrogens with one attached hydrogen (secondary N) is 2. The van der Waals surface area contributed by atoms with E-state index in [2.05, 4.69) is 10.6 Å². The van der Waals surface area contributed by atoms with E-state index in [0.29, 0.717) is 22.0 Å². The number of para-hydroxylation sites is 2. The minimum Gasteiger partial charge on any atom is -0.495 e. The van der Waals surface area contributed by atoms with E-state index in [0.717, 1.165) is 36.1 Å². The van der Waals surface area contributed by atoms with E-state index in [-0.39, 0.29) is 5.91 Å². The van der Waals surface area contributed by atoms with Crippen molar-refractivity contribution in [1.82, 2.24) is 0 Å². The molecular weight excluding hydrogens is 392 g/mol. The number of carbonyl (C=O) groups is 3. The summed E-state index contributed by atoms with van der Waals surface area (Å²) in [5.74, 6) is -0.803. The van der Waals surface area contributed by atoms with Gasteiger partial charge in [0.15, 0.2) is 6.10 Å². The first-order valence-corrected chi connectivity index (χ1v) is 10.3. The maximum atomic E-state index is 12.9. The third-order valence-electron chi connectivity index (χ3n) is 4.68. The van der Waals surface area contributed by atoms with Crippen molar-refractivity contribution in [3.63, 3.8) is 0 Å². The van der Waals surface area contributed by atoms with Crippen molar-refractivity contribution in [3.8, 4) is 5.75 Å². The van der Waals surface area contributed by atoms with Gasteiger partial charge in [0, 0.05) is 11.8 Å². The maximum absolute atomic E-state index is 12.9. The van der Waals surface area contributed by atoms with Crippen LogP contribution in [0.15, 0.2) is 24.3 Å². The van der Waals surface area contributed by atoms with Gasteiger partial charge in [-0.05, 0) is 50.3 Å². The first-order chi connectivity index (χ1) is 13.9. The summed E-state index contributed by atoms with van der Waals surface area (Å²) in [4.78, 5) is 38.1. The summed E-state index contributed by atoms with van der Waals surface area (Å²) in [5.41, 5.74) is 1.79. The number of hydrogen-bond donors (Lipinski definition) is 2. The van der Waals surface area contributed by atoms with Gasteiger partial charge >= 0.3 is 5.97 Å². The fraction of sp³-hybridized carbons (Fsp3) is 0.381. The molecule has 154 valence electrons. The van der Waals surface area contributed by atoms with Crippen molar-refractivity contribution >= 4 is 39.8 Å². The Morgan fingerprint density at radius 3 is 2.55 bits per heavy atom. The third-order valence-corrected chi connectivity index (χ3v) is 5.89.